The van der Waals surface area contributed by atoms with Crippen LogP contribution in [0.4, 0.5) is 22.7 Å². The second-order valence-electron chi connectivity index (χ2n) is 20.2. The first kappa shape index (κ1) is 52.6. The Bertz CT molecular complexity index is 3300. The standard InChI is InChI=1S/C59H59N7O12/c1-33-21-45-46(60-30-43-26-40-12-6-8-14-48(40)65(43)59(45)74)29-49(33)76-31-36-22-37(32-77-51-27-38-17-18-42-25-39-11-5-7-13-47(39)64(42)58(73)44(38)28-50(51)75-4)24-41(23-36)63-57(72)35(3)62-56(71)34(2)61-52(67)15-9-10-16-55(70)78-66-53(68)19-20-54(66)69/h5-8,11-14,21-24,27-30,34-35,42-43H,9-10,15-20,25-26,31-32H2,1-4H3,(H,61,67)(H,62,71)(H,63,72)/t34-,35-,42+,43-/m0/s1. The molecule has 10 rings (SSSR count). The molecule has 5 aromatic carbocycles. The molecule has 0 saturated carbocycles. The molecule has 1 fully saturated rings. The Hall–Kier alpha value is -8.87. The number of hydroxylamine groups is 2. The SMILES string of the molecule is COc1cc2c(cc1OCc1cc(COc3cc4c(cc3C)C(=O)N3c5ccccc5C[C@H]3C=N4)cc(NC(=O)[C@H](C)NC(=O)[C@H](C)NC(=O)CCCCC(=O)ON3C(=O)CCC3=O)c1)CC[C@@H]1Cc3ccccc3N1C2=O. The molecule has 0 spiro atoms. The summed E-state index contributed by atoms with van der Waals surface area (Å²) in [5.74, 6) is -2.45. The number of fused-ring (bicyclic) bond motifs is 8. The Morgan fingerprint density at radius 1 is 0.667 bits per heavy atom. The quantitative estimate of drug-likeness (QED) is 0.0590. The average molecular weight is 1060 g/mol. The van der Waals surface area contributed by atoms with Crippen molar-refractivity contribution in [1.29, 1.82) is 0 Å². The minimum absolute atomic E-state index is 0.0174. The summed E-state index contributed by atoms with van der Waals surface area (Å²) >= 11 is 0. The predicted molar refractivity (Wildman–Crippen MR) is 287 cm³/mol. The molecular weight excluding hydrogens is 999 g/mol. The number of amides is 7. The number of carbonyl (C=O) groups excluding carboxylic acids is 8. The first-order valence-electron chi connectivity index (χ1n) is 26.2. The molecule has 5 aromatic rings. The number of hydrogen-bond donors (Lipinski definition) is 3. The summed E-state index contributed by atoms with van der Waals surface area (Å²) in [4.78, 5) is 117. The number of carbonyl (C=O) groups is 8. The lowest BCUT2D eigenvalue weighted by atomic mass is 9.99. The molecule has 0 aromatic heterocycles. The number of anilines is 3. The fraction of sp³-hybridized carbons (Fsp3) is 0.339. The molecule has 5 heterocycles. The van der Waals surface area contributed by atoms with Crippen LogP contribution in [0.25, 0.3) is 0 Å². The minimum atomic E-state index is -1.05. The van der Waals surface area contributed by atoms with Gasteiger partial charge in [-0.25, -0.2) is 4.79 Å². The fourth-order valence-electron chi connectivity index (χ4n) is 10.6. The van der Waals surface area contributed by atoms with Gasteiger partial charge in [-0.1, -0.05) is 36.4 Å². The second kappa shape index (κ2) is 22.4. The van der Waals surface area contributed by atoms with Crippen LogP contribution in [-0.4, -0.2) is 89.9 Å². The number of methoxy groups -OCH3 is 1. The van der Waals surface area contributed by atoms with Crippen LogP contribution in [0.5, 0.6) is 17.2 Å². The number of unbranched alkanes of at least 4 members (excludes halogenated alkanes) is 1. The number of aliphatic imine (C=N–C) groups is 1. The van der Waals surface area contributed by atoms with E-state index in [-0.39, 0.29) is 75.6 Å². The lowest BCUT2D eigenvalue weighted by Gasteiger charge is -2.23. The summed E-state index contributed by atoms with van der Waals surface area (Å²) in [5, 5.41) is 8.64. The number of aryl methyl sites for hydroxylation is 2. The lowest BCUT2D eigenvalue weighted by molar-refractivity contribution is -0.197. The highest BCUT2D eigenvalue weighted by Crippen LogP contribution is 2.42. The molecule has 0 bridgehead atoms. The second-order valence-corrected chi connectivity index (χ2v) is 20.2. The predicted octanol–water partition coefficient (Wildman–Crippen LogP) is 7.08. The Morgan fingerprint density at radius 3 is 2.03 bits per heavy atom. The number of benzene rings is 5. The van der Waals surface area contributed by atoms with Crippen LogP contribution in [-0.2, 0) is 66.1 Å². The van der Waals surface area contributed by atoms with Gasteiger partial charge in [0.1, 0.15) is 31.0 Å². The van der Waals surface area contributed by atoms with Gasteiger partial charge in [-0.15, -0.1) is 5.06 Å². The van der Waals surface area contributed by atoms with Gasteiger partial charge in [-0.2, -0.15) is 0 Å². The molecule has 19 nitrogen and oxygen atoms in total. The van der Waals surface area contributed by atoms with E-state index in [1.54, 1.807) is 41.4 Å². The zero-order valence-corrected chi connectivity index (χ0v) is 43.7. The van der Waals surface area contributed by atoms with E-state index in [2.05, 4.69) is 22.0 Å². The minimum Gasteiger partial charge on any atom is -0.493 e. The Labute approximate surface area is 450 Å². The van der Waals surface area contributed by atoms with E-state index in [0.29, 0.717) is 68.8 Å². The van der Waals surface area contributed by atoms with Gasteiger partial charge >= 0.3 is 5.97 Å². The van der Waals surface area contributed by atoms with E-state index in [1.165, 1.54) is 21.0 Å². The van der Waals surface area contributed by atoms with Gasteiger partial charge < -0.3 is 39.9 Å². The molecule has 4 atom stereocenters. The molecule has 1 saturated heterocycles. The molecule has 3 N–H and O–H groups in total. The third-order valence-electron chi connectivity index (χ3n) is 14.7. The maximum Gasteiger partial charge on any atom is 0.333 e. The highest BCUT2D eigenvalue weighted by Gasteiger charge is 2.39. The van der Waals surface area contributed by atoms with Crippen LogP contribution in [0.1, 0.15) is 113 Å². The molecule has 0 unspecified atom stereocenters. The normalized spacial score (nSPS) is 17.6. The number of nitrogens with one attached hydrogen (secondary N) is 3. The molecular formula is C59H59N7O12. The van der Waals surface area contributed by atoms with Crippen LogP contribution >= 0.6 is 0 Å². The van der Waals surface area contributed by atoms with E-state index < -0.39 is 47.6 Å². The summed E-state index contributed by atoms with van der Waals surface area (Å²) in [6.07, 6.45) is 5.01. The van der Waals surface area contributed by atoms with Crippen LogP contribution < -0.4 is 40.0 Å². The number of para-hydroxylation sites is 2. The van der Waals surface area contributed by atoms with E-state index in [1.807, 2.05) is 66.4 Å². The van der Waals surface area contributed by atoms with E-state index in [0.717, 1.165) is 46.5 Å². The van der Waals surface area contributed by atoms with Crippen molar-refractivity contribution >= 4 is 76.3 Å². The monoisotopic (exact) mass is 1060 g/mol. The summed E-state index contributed by atoms with van der Waals surface area (Å²) in [6, 6.07) is 26.2. The Kier molecular flexibility index (Phi) is 15.1. The average Bonchev–Trinajstić information content (AvgIpc) is 4.10. The number of imide groups is 1. The van der Waals surface area contributed by atoms with Gasteiger partial charge in [0, 0.05) is 73.1 Å². The van der Waals surface area contributed by atoms with Gasteiger partial charge in [0.25, 0.3) is 23.6 Å². The topological polar surface area (TPSA) is 232 Å². The molecule has 7 amide bonds. The van der Waals surface area contributed by atoms with Crippen molar-refractivity contribution in [2.45, 2.75) is 122 Å². The highest BCUT2D eigenvalue weighted by atomic mass is 16.7. The van der Waals surface area contributed by atoms with Crippen LogP contribution in [0.15, 0.2) is 96.0 Å². The maximum atomic E-state index is 14.2. The summed E-state index contributed by atoms with van der Waals surface area (Å²) in [6.45, 7) is 4.91. The number of rotatable bonds is 18. The van der Waals surface area contributed by atoms with Gasteiger partial charge in [-0.3, -0.25) is 43.5 Å². The van der Waals surface area contributed by atoms with Crippen molar-refractivity contribution in [3.8, 4) is 17.2 Å². The molecule has 0 aliphatic carbocycles. The summed E-state index contributed by atoms with van der Waals surface area (Å²) in [5.41, 5.74) is 8.79. The van der Waals surface area contributed by atoms with E-state index in [9.17, 15) is 38.4 Å². The van der Waals surface area contributed by atoms with Crippen LogP contribution in [0, 0.1) is 6.92 Å². The molecule has 5 aliphatic rings. The first-order valence-corrected chi connectivity index (χ1v) is 26.2. The zero-order chi connectivity index (χ0) is 54.8. The van der Waals surface area contributed by atoms with Gasteiger partial charge in [0.2, 0.25) is 17.7 Å². The van der Waals surface area contributed by atoms with Crippen molar-refractivity contribution in [2.75, 3.05) is 22.2 Å². The first-order chi connectivity index (χ1) is 37.6. The summed E-state index contributed by atoms with van der Waals surface area (Å²) in [7, 11) is 1.52. The third-order valence-corrected chi connectivity index (χ3v) is 14.7. The Balaban J connectivity index is 0.816. The van der Waals surface area contributed by atoms with Crippen molar-refractivity contribution in [3.63, 3.8) is 0 Å². The van der Waals surface area contributed by atoms with Crippen LogP contribution in [0.3, 0.4) is 0 Å². The number of ether oxygens (including phenoxy) is 3. The van der Waals surface area contributed by atoms with E-state index >= 15 is 0 Å². The maximum absolute atomic E-state index is 14.2. The zero-order valence-electron chi connectivity index (χ0n) is 43.7. The van der Waals surface area contributed by atoms with Gasteiger partial charge in [0.05, 0.1) is 24.4 Å². The summed E-state index contributed by atoms with van der Waals surface area (Å²) < 4.78 is 18.7. The largest absolute Gasteiger partial charge is 0.493 e. The molecule has 19 heteroatoms. The smallest absolute Gasteiger partial charge is 0.333 e. The van der Waals surface area contributed by atoms with Gasteiger partial charge in [0.15, 0.2) is 11.5 Å². The van der Waals surface area contributed by atoms with E-state index in [4.69, 9.17) is 24.0 Å². The Morgan fingerprint density at radius 2 is 1.31 bits per heavy atom. The molecule has 0 radical (unpaired) electrons. The van der Waals surface area contributed by atoms with Crippen molar-refractivity contribution in [1.82, 2.24) is 15.7 Å². The van der Waals surface area contributed by atoms with Gasteiger partial charge in [-0.05, 0) is 135 Å². The molecule has 78 heavy (non-hydrogen) atoms. The lowest BCUT2D eigenvalue weighted by Crippen LogP contribution is -2.50. The van der Waals surface area contributed by atoms with Crippen molar-refractivity contribution in [2.24, 2.45) is 4.99 Å². The van der Waals surface area contributed by atoms with Crippen molar-refractivity contribution < 1.29 is 57.4 Å². The third kappa shape index (κ3) is 11.0. The molecule has 402 valence electrons. The number of hydrogen-bond acceptors (Lipinski definition) is 13. The van der Waals surface area contributed by atoms with Crippen LogP contribution in [0.2, 0.25) is 0 Å². The molecule has 5 aliphatic heterocycles. The van der Waals surface area contributed by atoms with Crippen molar-refractivity contribution in [3.05, 3.63) is 136 Å². The highest BCUT2D eigenvalue weighted by molar-refractivity contribution is 6.15. The fourth-order valence-corrected chi connectivity index (χ4v) is 10.6. The number of nitrogens with zero attached hydrogens (tertiary/aromatic N) is 4.